The number of unbranched alkanes of at least 4 members (excludes halogenated alkanes) is 2. The van der Waals surface area contributed by atoms with Gasteiger partial charge in [-0.2, -0.15) is 29.8 Å². The summed E-state index contributed by atoms with van der Waals surface area (Å²) in [7, 11) is -13.2. The Balaban J connectivity index is 1.04. The van der Waals surface area contributed by atoms with Crippen molar-refractivity contribution in [1.82, 2.24) is 40.2 Å². The van der Waals surface area contributed by atoms with E-state index in [1.165, 1.54) is 24.3 Å². The zero-order chi connectivity index (χ0) is 55.7. The van der Waals surface area contributed by atoms with Crippen LogP contribution in [0.3, 0.4) is 0 Å². The van der Waals surface area contributed by atoms with Crippen LogP contribution in [0.4, 0.5) is 11.4 Å². The Bertz CT molecular complexity index is 3280. The van der Waals surface area contributed by atoms with Crippen molar-refractivity contribution in [3.05, 3.63) is 118 Å². The van der Waals surface area contributed by atoms with Gasteiger partial charge >= 0.3 is 0 Å². The van der Waals surface area contributed by atoms with Gasteiger partial charge in [-0.15, -0.1) is 10.2 Å². The molecule has 4 aromatic rings. The summed E-state index contributed by atoms with van der Waals surface area (Å²) in [5.41, 5.74) is 12.9. The molecule has 2 aromatic carbocycles. The maximum atomic E-state index is 12.9. The molecule has 0 atom stereocenters. The van der Waals surface area contributed by atoms with Gasteiger partial charge in [0.05, 0.1) is 44.1 Å². The highest BCUT2D eigenvalue weighted by molar-refractivity contribution is 7.86. The molecular weight excluding hydrogens is 1040 g/mol. The molecule has 23 nitrogen and oxygen atoms in total. The third-order valence-corrected chi connectivity index (χ3v) is 15.9. The summed E-state index contributed by atoms with van der Waals surface area (Å²) in [6.45, 7) is 17.7. The number of nitrogens with zero attached hydrogens (tertiary/aromatic N) is 12. The zero-order valence-corrected chi connectivity index (χ0v) is 46.6. The maximum Gasteiger partial charge on any atom is 0.294 e. The Labute approximate surface area is 445 Å². The minimum atomic E-state index is -4.51. The highest BCUT2D eigenvalue weighted by Crippen LogP contribution is 2.49. The quantitative estimate of drug-likeness (QED) is 0.00885. The van der Waals surface area contributed by atoms with Crippen molar-refractivity contribution in [3.8, 4) is 0 Å². The number of anilines is 1. The minimum absolute atomic E-state index is 0.0599. The van der Waals surface area contributed by atoms with Crippen LogP contribution >= 0.6 is 0 Å². The molecule has 2 aliphatic heterocycles. The Morgan fingerprint density at radius 3 is 2.14 bits per heavy atom. The molecule has 0 radical (unpaired) electrons. The van der Waals surface area contributed by atoms with E-state index in [9.17, 15) is 43.7 Å². The van der Waals surface area contributed by atoms with Gasteiger partial charge in [0.1, 0.15) is 6.54 Å². The first-order valence-electron chi connectivity index (χ1n) is 25.1. The average molecular weight is 1110 g/mol. The van der Waals surface area contributed by atoms with Gasteiger partial charge in [-0.25, -0.2) is 4.68 Å². The Kier molecular flexibility index (Phi) is 19.0. The zero-order valence-electron chi connectivity index (χ0n) is 44.1. The summed E-state index contributed by atoms with van der Waals surface area (Å²) in [6.07, 6.45) is 16.8. The molecule has 0 fully saturated rings. The number of carbonyl (C=O) groups is 1. The molecule has 0 aliphatic carbocycles. The molecule has 0 spiro atoms. The Hall–Kier alpha value is -6.12. The lowest BCUT2D eigenvalue weighted by Crippen LogP contribution is -2.28. The van der Waals surface area contributed by atoms with Gasteiger partial charge in [-0.3, -0.25) is 28.0 Å². The number of nitrogens with one attached hydrogen (secondary N) is 1. The highest BCUT2D eigenvalue weighted by atomic mass is 32.2. The molecule has 4 N–H and O–H groups in total. The predicted octanol–water partition coefficient (Wildman–Crippen LogP) is 7.04. The minimum Gasteiger partial charge on any atom is -0.356 e. The summed E-state index contributed by atoms with van der Waals surface area (Å²) in [5.74, 6) is -0.536. The lowest BCUT2D eigenvalue weighted by atomic mass is 9.81. The summed E-state index contributed by atoms with van der Waals surface area (Å²) in [4.78, 5) is 19.5. The van der Waals surface area contributed by atoms with Crippen LogP contribution in [0.1, 0.15) is 116 Å². The van der Waals surface area contributed by atoms with E-state index in [1.807, 2.05) is 67.6 Å². The number of hydrogen-bond donors (Lipinski definition) is 4. The first kappa shape index (κ1) is 59.1. The van der Waals surface area contributed by atoms with Crippen LogP contribution in [0, 0.1) is 0 Å². The predicted molar refractivity (Wildman–Crippen MR) is 287 cm³/mol. The molecule has 412 valence electrons. The third kappa shape index (κ3) is 15.5. The van der Waals surface area contributed by atoms with Gasteiger partial charge in [0.25, 0.3) is 30.4 Å². The fraction of sp³-hybridized carbons (Fsp3) is 0.520. The normalized spacial score (nSPS) is 16.1. The Morgan fingerprint density at radius 2 is 1.49 bits per heavy atom. The number of aromatic nitrogens is 6. The number of azide groups is 1. The van der Waals surface area contributed by atoms with Crippen LogP contribution < -0.4 is 10.2 Å². The van der Waals surface area contributed by atoms with E-state index in [0.717, 1.165) is 34.9 Å². The maximum absolute atomic E-state index is 12.9. The monoisotopic (exact) mass is 1110 g/mol. The first-order chi connectivity index (χ1) is 35.6. The van der Waals surface area contributed by atoms with Crippen LogP contribution in [-0.2, 0) is 71.2 Å². The van der Waals surface area contributed by atoms with E-state index in [0.29, 0.717) is 94.7 Å². The van der Waals surface area contributed by atoms with Gasteiger partial charge in [0.2, 0.25) is 11.6 Å². The second-order valence-corrected chi connectivity index (χ2v) is 25.4. The van der Waals surface area contributed by atoms with Crippen molar-refractivity contribution >= 4 is 53.3 Å². The molecule has 0 bridgehead atoms. The summed E-state index contributed by atoms with van der Waals surface area (Å²) < 4.78 is 106. The van der Waals surface area contributed by atoms with Crippen LogP contribution in [0.2, 0.25) is 0 Å². The number of fused-ring (bicyclic) bond motifs is 2. The SMILES string of the molecule is CC1(C)C(=CC=CC=CC2=[N+](CCCS(=O)(=O)O)c3ccc(S(=O)(=O)O)cc3C2(C)C)N(CCCCCC(=O)NCCCn2cc(CN(CCCN=[N+]=[N-])Cc3cn(C(C)(C)C)nn3)nn2)c2ccc(S(=O)(=O)O)cc21. The lowest BCUT2D eigenvalue weighted by molar-refractivity contribution is -0.437. The van der Waals surface area contributed by atoms with E-state index >= 15 is 0 Å². The number of benzene rings is 2. The lowest BCUT2D eigenvalue weighted by Gasteiger charge is -2.27. The van der Waals surface area contributed by atoms with Gasteiger partial charge < -0.3 is 10.2 Å². The standard InChI is InChI=1S/C50H69N13O10S3/c1-48(2,3)63-36-38(55-58-63)34-59(26-15-25-53-56-51)33-37-35-60(57-54-37)27-14-24-52-47(64)19-12-9-13-28-61-43-22-20-39(75(68,69)70)31-41(43)49(4,5)45(61)17-10-8-11-18-46-50(6,7)42-32-40(76(71,72)73)21-23-44(42)62(46)29-16-30-74(65,66)67/h8,10-11,17-18,20-23,31-32,35-36H,9,12-16,19,24-30,33-34H2,1-7H3,(H3-,52,64,65,66,67,68,69,70,71,72,73)/p+1. The molecule has 2 aromatic heterocycles. The molecule has 0 saturated heterocycles. The summed E-state index contributed by atoms with van der Waals surface area (Å²) >= 11 is 0. The Morgan fingerprint density at radius 1 is 0.816 bits per heavy atom. The number of amides is 1. The molecule has 1 amide bonds. The van der Waals surface area contributed by atoms with Gasteiger partial charge in [0.15, 0.2) is 5.71 Å². The smallest absolute Gasteiger partial charge is 0.294 e. The van der Waals surface area contributed by atoms with Gasteiger partial charge in [0, 0.05) is 97.7 Å². The summed E-state index contributed by atoms with van der Waals surface area (Å²) in [6, 6.07) is 8.80. The molecule has 26 heteroatoms. The van der Waals surface area contributed by atoms with Crippen molar-refractivity contribution in [2.24, 2.45) is 5.11 Å². The molecule has 2 aliphatic rings. The van der Waals surface area contributed by atoms with Crippen molar-refractivity contribution in [2.75, 3.05) is 43.4 Å². The van der Waals surface area contributed by atoms with Crippen LogP contribution in [0.25, 0.3) is 10.4 Å². The molecule has 6 rings (SSSR count). The fourth-order valence-corrected chi connectivity index (χ4v) is 11.0. The van der Waals surface area contributed by atoms with E-state index in [-0.39, 0.29) is 34.2 Å². The van der Waals surface area contributed by atoms with Crippen molar-refractivity contribution < 1.29 is 48.3 Å². The fourth-order valence-electron chi connectivity index (χ4n) is 9.46. The van der Waals surface area contributed by atoms with E-state index in [4.69, 9.17) is 5.53 Å². The number of hydrogen-bond acceptors (Lipinski definition) is 14. The summed E-state index contributed by atoms with van der Waals surface area (Å²) in [5, 5.41) is 23.9. The van der Waals surface area contributed by atoms with E-state index < -0.39 is 46.9 Å². The second-order valence-electron chi connectivity index (χ2n) is 21.0. The van der Waals surface area contributed by atoms with E-state index in [2.05, 4.69) is 66.5 Å². The van der Waals surface area contributed by atoms with Crippen molar-refractivity contribution in [2.45, 2.75) is 139 Å². The number of carbonyl (C=O) groups excluding carboxylic acids is 1. The highest BCUT2D eigenvalue weighted by Gasteiger charge is 2.45. The first-order valence-corrected chi connectivity index (χ1v) is 29.6. The van der Waals surface area contributed by atoms with Crippen molar-refractivity contribution in [3.63, 3.8) is 0 Å². The van der Waals surface area contributed by atoms with Gasteiger partial charge in [-0.1, -0.05) is 54.0 Å². The average Bonchev–Trinajstić information content (AvgIpc) is 4.09. The molecule has 4 heterocycles. The largest absolute Gasteiger partial charge is 0.356 e. The number of rotatable bonds is 27. The van der Waals surface area contributed by atoms with E-state index in [1.54, 1.807) is 29.0 Å². The number of allylic oxidation sites excluding steroid dienone is 6. The molecule has 0 unspecified atom stereocenters. The number of aryl methyl sites for hydroxylation is 1. The molecule has 0 saturated carbocycles. The van der Waals surface area contributed by atoms with Crippen molar-refractivity contribution in [1.29, 1.82) is 0 Å². The van der Waals surface area contributed by atoms with Gasteiger partial charge in [-0.05, 0) is 114 Å². The van der Waals surface area contributed by atoms with Crippen LogP contribution in [0.5, 0.6) is 0 Å². The third-order valence-electron chi connectivity index (χ3n) is 13.4. The molecular formula is C50H70N13O10S3+. The molecule has 76 heavy (non-hydrogen) atoms. The second kappa shape index (κ2) is 24.5. The van der Waals surface area contributed by atoms with Crippen LogP contribution in [0.15, 0.2) is 99.8 Å². The topological polar surface area (TPSA) is 312 Å². The van der Waals surface area contributed by atoms with Crippen LogP contribution in [-0.4, -0.2) is 128 Å².